The van der Waals surface area contributed by atoms with Crippen LogP contribution in [0.25, 0.3) is 11.0 Å². The van der Waals surface area contributed by atoms with Crippen LogP contribution in [0.4, 0.5) is 5.82 Å². The number of halogens is 1. The van der Waals surface area contributed by atoms with Crippen molar-refractivity contribution >= 4 is 39.4 Å². The first-order chi connectivity index (χ1) is 10.9. The Morgan fingerprint density at radius 1 is 1.35 bits per heavy atom. The fourth-order valence-corrected chi connectivity index (χ4v) is 4.46. The van der Waals surface area contributed by atoms with Crippen LogP contribution >= 0.6 is 22.6 Å². The van der Waals surface area contributed by atoms with Crippen LogP contribution in [0.3, 0.4) is 0 Å². The van der Waals surface area contributed by atoms with E-state index in [1.54, 1.807) is 0 Å². The molecule has 1 saturated carbocycles. The van der Waals surface area contributed by atoms with E-state index in [2.05, 4.69) is 37.7 Å². The van der Waals surface area contributed by atoms with Gasteiger partial charge < -0.3 is 20.9 Å². The SMILES string of the molecule is CC1(C)O[C@@H]2[C@@H](CN)C[C@@H](n3nc(I)c4c(N)ncnc43)[C@@H]2O1. The van der Waals surface area contributed by atoms with Gasteiger partial charge in [-0.3, -0.25) is 0 Å². The summed E-state index contributed by atoms with van der Waals surface area (Å²) in [6.07, 6.45) is 2.21. The quantitative estimate of drug-likeness (QED) is 0.685. The third-order valence-electron chi connectivity index (χ3n) is 4.64. The molecule has 0 aromatic carbocycles. The zero-order valence-corrected chi connectivity index (χ0v) is 15.1. The lowest BCUT2D eigenvalue weighted by Gasteiger charge is -2.23. The van der Waals surface area contributed by atoms with Gasteiger partial charge in [0.25, 0.3) is 0 Å². The van der Waals surface area contributed by atoms with E-state index >= 15 is 0 Å². The van der Waals surface area contributed by atoms with Gasteiger partial charge in [-0.1, -0.05) is 0 Å². The normalized spacial score (nSPS) is 32.5. The number of ether oxygens (including phenoxy) is 2. The number of anilines is 1. The molecule has 8 nitrogen and oxygen atoms in total. The van der Waals surface area contributed by atoms with Crippen molar-refractivity contribution in [1.29, 1.82) is 0 Å². The molecule has 1 aliphatic heterocycles. The molecule has 3 heterocycles. The number of hydrogen-bond donors (Lipinski definition) is 2. The van der Waals surface area contributed by atoms with Crippen molar-refractivity contribution < 1.29 is 9.47 Å². The van der Waals surface area contributed by atoms with Gasteiger partial charge in [0.2, 0.25) is 0 Å². The molecule has 0 bridgehead atoms. The van der Waals surface area contributed by atoms with Crippen LogP contribution in [-0.4, -0.2) is 44.3 Å². The Balaban J connectivity index is 1.81. The maximum Gasteiger partial charge on any atom is 0.164 e. The number of nitrogens with zero attached hydrogens (tertiary/aromatic N) is 4. The van der Waals surface area contributed by atoms with Crippen molar-refractivity contribution in [3.05, 3.63) is 10.0 Å². The Morgan fingerprint density at radius 2 is 2.09 bits per heavy atom. The molecule has 2 fully saturated rings. The van der Waals surface area contributed by atoms with Crippen molar-refractivity contribution in [2.75, 3.05) is 12.3 Å². The third-order valence-corrected chi connectivity index (χ3v) is 5.40. The summed E-state index contributed by atoms with van der Waals surface area (Å²) in [5.74, 6) is 0.0771. The summed E-state index contributed by atoms with van der Waals surface area (Å²) in [4.78, 5) is 8.45. The Bertz CT molecular complexity index is 763. The summed E-state index contributed by atoms with van der Waals surface area (Å²) in [6, 6.07) is 0.0237. The fraction of sp³-hybridized carbons (Fsp3) is 0.643. The smallest absolute Gasteiger partial charge is 0.164 e. The van der Waals surface area contributed by atoms with Crippen LogP contribution in [-0.2, 0) is 9.47 Å². The van der Waals surface area contributed by atoms with Crippen molar-refractivity contribution in [3.8, 4) is 0 Å². The Morgan fingerprint density at radius 3 is 2.83 bits per heavy atom. The van der Waals surface area contributed by atoms with Crippen molar-refractivity contribution in [3.63, 3.8) is 0 Å². The molecule has 23 heavy (non-hydrogen) atoms. The average Bonchev–Trinajstić information content (AvgIpc) is 3.08. The predicted octanol–water partition coefficient (Wildman–Crippen LogP) is 1.05. The van der Waals surface area contributed by atoms with Crippen LogP contribution in [0, 0.1) is 9.62 Å². The van der Waals surface area contributed by atoms with E-state index in [9.17, 15) is 0 Å². The van der Waals surface area contributed by atoms with Gasteiger partial charge in [-0.2, -0.15) is 5.10 Å². The molecule has 4 atom stereocenters. The van der Waals surface area contributed by atoms with Gasteiger partial charge in [-0.05, 0) is 49.4 Å². The lowest BCUT2D eigenvalue weighted by Crippen LogP contribution is -2.29. The molecule has 0 spiro atoms. The molecule has 0 amide bonds. The highest BCUT2D eigenvalue weighted by molar-refractivity contribution is 14.1. The monoisotopic (exact) mass is 430 g/mol. The molecule has 1 saturated heterocycles. The van der Waals surface area contributed by atoms with Gasteiger partial charge in [-0.15, -0.1) is 0 Å². The zero-order valence-electron chi connectivity index (χ0n) is 12.9. The van der Waals surface area contributed by atoms with Gasteiger partial charge in [0.1, 0.15) is 21.9 Å². The average molecular weight is 430 g/mol. The number of nitrogens with two attached hydrogens (primary N) is 2. The summed E-state index contributed by atoms with van der Waals surface area (Å²) >= 11 is 2.16. The van der Waals surface area contributed by atoms with Gasteiger partial charge in [-0.25, -0.2) is 14.6 Å². The van der Waals surface area contributed by atoms with E-state index in [4.69, 9.17) is 20.9 Å². The van der Waals surface area contributed by atoms with E-state index < -0.39 is 5.79 Å². The van der Waals surface area contributed by atoms with Crippen LogP contribution in [0.2, 0.25) is 0 Å². The number of rotatable bonds is 2. The molecule has 2 aromatic rings. The number of nitrogen functional groups attached to an aromatic ring is 1. The van der Waals surface area contributed by atoms with E-state index in [-0.39, 0.29) is 24.2 Å². The highest BCUT2D eigenvalue weighted by Crippen LogP contribution is 2.47. The molecular weight excluding hydrogens is 411 g/mol. The molecular formula is C14H19IN6O2. The Labute approximate surface area is 147 Å². The first-order valence-electron chi connectivity index (χ1n) is 7.61. The maximum absolute atomic E-state index is 6.14. The van der Waals surface area contributed by atoms with Crippen molar-refractivity contribution in [1.82, 2.24) is 19.7 Å². The molecule has 1 aliphatic carbocycles. The summed E-state index contributed by atoms with van der Waals surface area (Å²) in [7, 11) is 0. The second kappa shape index (κ2) is 5.23. The summed E-state index contributed by atoms with van der Waals surface area (Å²) in [6.45, 7) is 4.42. The first kappa shape index (κ1) is 15.5. The highest BCUT2D eigenvalue weighted by Gasteiger charge is 2.54. The van der Waals surface area contributed by atoms with E-state index in [1.165, 1.54) is 6.33 Å². The number of hydrogen-bond acceptors (Lipinski definition) is 7. The highest BCUT2D eigenvalue weighted by atomic mass is 127. The van der Waals surface area contributed by atoms with E-state index in [1.807, 2.05) is 18.5 Å². The van der Waals surface area contributed by atoms with Crippen LogP contribution in [0.5, 0.6) is 0 Å². The van der Waals surface area contributed by atoms with Crippen molar-refractivity contribution in [2.24, 2.45) is 11.7 Å². The van der Waals surface area contributed by atoms with Crippen molar-refractivity contribution in [2.45, 2.75) is 44.3 Å². The van der Waals surface area contributed by atoms with E-state index in [0.717, 1.165) is 21.2 Å². The lowest BCUT2D eigenvalue weighted by molar-refractivity contribution is -0.160. The lowest BCUT2D eigenvalue weighted by atomic mass is 10.1. The molecule has 2 aliphatic rings. The fourth-order valence-electron chi connectivity index (χ4n) is 3.71. The summed E-state index contributed by atoms with van der Waals surface area (Å²) in [5.41, 5.74) is 12.7. The van der Waals surface area contributed by atoms with Gasteiger partial charge in [0.05, 0.1) is 17.5 Å². The molecule has 9 heteroatoms. The minimum absolute atomic E-state index is 0.0175. The zero-order chi connectivity index (χ0) is 16.4. The maximum atomic E-state index is 6.14. The summed E-state index contributed by atoms with van der Waals surface area (Å²) < 4.78 is 14.9. The van der Waals surface area contributed by atoms with Gasteiger partial charge in [0, 0.05) is 5.92 Å². The topological polar surface area (TPSA) is 114 Å². The molecule has 0 radical (unpaired) electrons. The molecule has 4 rings (SSSR count). The molecule has 4 N–H and O–H groups in total. The second-order valence-corrected chi connectivity index (χ2v) is 7.58. The minimum atomic E-state index is -0.606. The van der Waals surface area contributed by atoms with Gasteiger partial charge in [0.15, 0.2) is 11.4 Å². The Kier molecular flexibility index (Phi) is 3.52. The van der Waals surface area contributed by atoms with Gasteiger partial charge >= 0.3 is 0 Å². The second-order valence-electron chi connectivity index (χ2n) is 6.56. The standard InChI is InChI=1S/C14H19IN6O2/c1-14(2)22-9-6(4-16)3-7(10(9)23-14)21-13-8(11(15)20-21)12(17)18-5-19-13/h5-7,9-10H,3-4,16H2,1-2H3,(H2,17,18,19)/t6-,7-,9-,10+/m1/s1. The van der Waals surface area contributed by atoms with Crippen LogP contribution < -0.4 is 11.5 Å². The first-order valence-corrected chi connectivity index (χ1v) is 8.69. The summed E-state index contributed by atoms with van der Waals surface area (Å²) in [5, 5.41) is 5.44. The Hall–Kier alpha value is -1.04. The number of aromatic nitrogens is 4. The largest absolute Gasteiger partial charge is 0.383 e. The molecule has 0 unspecified atom stereocenters. The third kappa shape index (κ3) is 2.32. The number of fused-ring (bicyclic) bond motifs is 2. The molecule has 124 valence electrons. The predicted molar refractivity (Wildman–Crippen MR) is 92.5 cm³/mol. The van der Waals surface area contributed by atoms with E-state index in [0.29, 0.717) is 12.4 Å². The van der Waals surface area contributed by atoms with Crippen LogP contribution in [0.15, 0.2) is 6.33 Å². The minimum Gasteiger partial charge on any atom is -0.383 e. The molecule has 2 aromatic heterocycles. The van der Waals surface area contributed by atoms with Crippen LogP contribution in [0.1, 0.15) is 26.3 Å².